The summed E-state index contributed by atoms with van der Waals surface area (Å²) in [5.74, 6) is 0.927. The summed E-state index contributed by atoms with van der Waals surface area (Å²) in [4.78, 5) is 9.32. The first-order valence-corrected chi connectivity index (χ1v) is 10.2. The Morgan fingerprint density at radius 3 is 2.89 bits per heavy atom. The number of methoxy groups -OCH3 is 1. The monoisotopic (exact) mass is 371 g/mol. The molecule has 0 spiro atoms. The van der Waals surface area contributed by atoms with E-state index < -0.39 is 0 Å². The molecule has 1 aromatic heterocycles. The third kappa shape index (κ3) is 5.22. The van der Waals surface area contributed by atoms with Crippen molar-refractivity contribution in [1.29, 1.82) is 0 Å². The van der Waals surface area contributed by atoms with E-state index in [4.69, 9.17) is 9.73 Å². The summed E-state index contributed by atoms with van der Waals surface area (Å²) in [5, 5.41) is 6.85. The van der Waals surface area contributed by atoms with Crippen LogP contribution < -0.4 is 10.6 Å². The molecule has 1 heterocycles. The van der Waals surface area contributed by atoms with E-state index in [1.54, 1.807) is 7.11 Å². The Labute approximate surface area is 162 Å². The van der Waals surface area contributed by atoms with Crippen molar-refractivity contribution in [2.24, 2.45) is 10.4 Å². The molecule has 1 aliphatic rings. The van der Waals surface area contributed by atoms with Crippen LogP contribution in [0.1, 0.15) is 39.0 Å². The fourth-order valence-corrected chi connectivity index (χ4v) is 3.72. The fourth-order valence-electron chi connectivity index (χ4n) is 3.72. The Kier molecular flexibility index (Phi) is 7.10. The van der Waals surface area contributed by atoms with Crippen molar-refractivity contribution in [2.45, 2.75) is 45.6 Å². The molecule has 0 unspecified atom stereocenters. The predicted molar refractivity (Wildman–Crippen MR) is 111 cm³/mol. The first kappa shape index (κ1) is 19.7. The summed E-state index contributed by atoms with van der Waals surface area (Å²) in [6.45, 7) is 6.55. The number of aromatic nitrogens is 2. The molecule has 0 aliphatic heterocycles. The second-order valence-corrected chi connectivity index (χ2v) is 7.50. The number of hydrogen-bond donors (Lipinski definition) is 2. The molecular formula is C21H33N5O. The number of rotatable bonds is 10. The first-order valence-electron chi connectivity index (χ1n) is 10.2. The number of fused-ring (bicyclic) bond motifs is 1. The van der Waals surface area contributed by atoms with Crippen LogP contribution in [-0.4, -0.2) is 48.9 Å². The molecule has 148 valence electrons. The molecule has 3 rings (SSSR count). The van der Waals surface area contributed by atoms with Gasteiger partial charge in [0.15, 0.2) is 5.96 Å². The number of benzene rings is 1. The van der Waals surface area contributed by atoms with Crippen molar-refractivity contribution in [1.82, 2.24) is 20.2 Å². The Bertz CT molecular complexity index is 735. The Hall–Kier alpha value is -2.08. The van der Waals surface area contributed by atoms with Crippen LogP contribution in [-0.2, 0) is 11.3 Å². The van der Waals surface area contributed by atoms with E-state index in [1.807, 2.05) is 12.4 Å². The summed E-state index contributed by atoms with van der Waals surface area (Å²) in [5.41, 5.74) is 2.61. The average Bonchev–Trinajstić information content (AvgIpc) is 3.07. The van der Waals surface area contributed by atoms with E-state index in [2.05, 4.69) is 45.3 Å². The van der Waals surface area contributed by atoms with E-state index in [-0.39, 0.29) is 0 Å². The third-order valence-corrected chi connectivity index (χ3v) is 5.56. The van der Waals surface area contributed by atoms with Crippen molar-refractivity contribution < 1.29 is 4.74 Å². The summed E-state index contributed by atoms with van der Waals surface area (Å²) < 4.78 is 7.50. The minimum Gasteiger partial charge on any atom is -0.385 e. The average molecular weight is 372 g/mol. The smallest absolute Gasteiger partial charge is 0.191 e. The van der Waals surface area contributed by atoms with Crippen LogP contribution in [0.4, 0.5) is 0 Å². The van der Waals surface area contributed by atoms with Gasteiger partial charge in [0, 0.05) is 39.9 Å². The molecule has 0 atom stereocenters. The first-order chi connectivity index (χ1) is 13.3. The lowest BCUT2D eigenvalue weighted by molar-refractivity contribution is 0.0778. The highest BCUT2D eigenvalue weighted by atomic mass is 16.5. The number of nitrogens with zero attached hydrogens (tertiary/aromatic N) is 3. The van der Waals surface area contributed by atoms with Gasteiger partial charge in [-0.3, -0.25) is 4.99 Å². The minimum atomic E-state index is 0.355. The maximum atomic E-state index is 5.29. The highest BCUT2D eigenvalue weighted by Gasteiger charge is 2.36. The number of nitrogens with one attached hydrogen (secondary N) is 2. The maximum absolute atomic E-state index is 5.29. The molecule has 27 heavy (non-hydrogen) atoms. The van der Waals surface area contributed by atoms with Crippen LogP contribution in [0.2, 0.25) is 0 Å². The lowest BCUT2D eigenvalue weighted by Crippen LogP contribution is -2.40. The van der Waals surface area contributed by atoms with Crippen LogP contribution in [0.3, 0.4) is 0 Å². The molecule has 1 fully saturated rings. The highest BCUT2D eigenvalue weighted by Crippen LogP contribution is 2.44. The van der Waals surface area contributed by atoms with Gasteiger partial charge in [-0.25, -0.2) is 4.98 Å². The molecule has 0 bridgehead atoms. The quantitative estimate of drug-likeness (QED) is 0.382. The minimum absolute atomic E-state index is 0.355. The van der Waals surface area contributed by atoms with Crippen molar-refractivity contribution in [3.8, 4) is 0 Å². The van der Waals surface area contributed by atoms with Gasteiger partial charge < -0.3 is 19.9 Å². The van der Waals surface area contributed by atoms with E-state index in [9.17, 15) is 0 Å². The lowest BCUT2D eigenvalue weighted by Gasteiger charge is -2.40. The van der Waals surface area contributed by atoms with Gasteiger partial charge in [0.05, 0.1) is 17.4 Å². The summed E-state index contributed by atoms with van der Waals surface area (Å²) >= 11 is 0. The van der Waals surface area contributed by atoms with Gasteiger partial charge in [0.25, 0.3) is 0 Å². The zero-order chi connectivity index (χ0) is 19.0. The van der Waals surface area contributed by atoms with Crippen molar-refractivity contribution in [2.75, 3.05) is 33.4 Å². The molecule has 0 saturated heterocycles. The van der Waals surface area contributed by atoms with E-state index >= 15 is 0 Å². The molecule has 6 nitrogen and oxygen atoms in total. The van der Waals surface area contributed by atoms with Crippen LogP contribution in [0.5, 0.6) is 0 Å². The van der Waals surface area contributed by atoms with Gasteiger partial charge >= 0.3 is 0 Å². The van der Waals surface area contributed by atoms with Gasteiger partial charge in [-0.05, 0) is 50.2 Å². The van der Waals surface area contributed by atoms with Gasteiger partial charge in [0.1, 0.15) is 0 Å². The Morgan fingerprint density at radius 1 is 1.30 bits per heavy atom. The number of para-hydroxylation sites is 2. The third-order valence-electron chi connectivity index (χ3n) is 5.56. The van der Waals surface area contributed by atoms with Crippen LogP contribution in [0.15, 0.2) is 35.6 Å². The SMILES string of the molecule is CCNC(=NCC1(CCOC)CCC1)NCCCn1cnc2ccccc21. The van der Waals surface area contributed by atoms with Crippen molar-refractivity contribution in [3.05, 3.63) is 30.6 Å². The number of aryl methyl sites for hydroxylation is 1. The Balaban J connectivity index is 1.47. The van der Waals surface area contributed by atoms with Gasteiger partial charge in [-0.1, -0.05) is 18.6 Å². The standard InChI is InChI=1S/C21H33N5O/c1-3-22-20(24-16-21(10-6-11-21)12-15-27-2)23-13-7-14-26-17-25-18-8-4-5-9-19(18)26/h4-5,8-9,17H,3,6-7,10-16H2,1-2H3,(H2,22,23,24). The fraction of sp³-hybridized carbons (Fsp3) is 0.619. The largest absolute Gasteiger partial charge is 0.385 e. The summed E-state index contributed by atoms with van der Waals surface area (Å²) in [6, 6.07) is 8.27. The molecule has 2 N–H and O–H groups in total. The molecule has 1 saturated carbocycles. The van der Waals surface area contributed by atoms with Crippen LogP contribution in [0.25, 0.3) is 11.0 Å². The number of guanidine groups is 1. The van der Waals surface area contributed by atoms with Crippen LogP contribution in [0, 0.1) is 5.41 Å². The molecule has 1 aromatic carbocycles. The zero-order valence-electron chi connectivity index (χ0n) is 16.7. The topological polar surface area (TPSA) is 63.5 Å². The maximum Gasteiger partial charge on any atom is 0.191 e. The molecule has 6 heteroatoms. The molecule has 0 radical (unpaired) electrons. The van der Waals surface area contributed by atoms with Gasteiger partial charge in [0.2, 0.25) is 0 Å². The highest BCUT2D eigenvalue weighted by molar-refractivity contribution is 5.79. The van der Waals surface area contributed by atoms with E-state index in [0.29, 0.717) is 5.41 Å². The van der Waals surface area contributed by atoms with E-state index in [1.165, 1.54) is 24.8 Å². The second kappa shape index (κ2) is 9.74. The van der Waals surface area contributed by atoms with Crippen molar-refractivity contribution >= 4 is 17.0 Å². The summed E-state index contributed by atoms with van der Waals surface area (Å²) in [7, 11) is 1.78. The van der Waals surface area contributed by atoms with Gasteiger partial charge in [-0.2, -0.15) is 0 Å². The number of ether oxygens (including phenoxy) is 1. The van der Waals surface area contributed by atoms with Crippen molar-refractivity contribution in [3.63, 3.8) is 0 Å². The normalized spacial score (nSPS) is 16.3. The molecule has 0 amide bonds. The lowest BCUT2D eigenvalue weighted by atomic mass is 9.67. The second-order valence-electron chi connectivity index (χ2n) is 7.50. The summed E-state index contributed by atoms with van der Waals surface area (Å²) in [6.07, 6.45) is 7.93. The number of hydrogen-bond acceptors (Lipinski definition) is 3. The number of aliphatic imine (C=N–C) groups is 1. The molecule has 2 aromatic rings. The molecular weight excluding hydrogens is 338 g/mol. The predicted octanol–water partition coefficient (Wildman–Crippen LogP) is 3.19. The van der Waals surface area contributed by atoms with Gasteiger partial charge in [-0.15, -0.1) is 0 Å². The zero-order valence-corrected chi connectivity index (χ0v) is 16.7. The van der Waals surface area contributed by atoms with E-state index in [0.717, 1.165) is 57.1 Å². The molecule has 1 aliphatic carbocycles. The van der Waals surface area contributed by atoms with Crippen LogP contribution >= 0.6 is 0 Å². The number of imidazole rings is 1. The Morgan fingerprint density at radius 2 is 2.15 bits per heavy atom.